The number of aromatic carboxylic acids is 1. The third-order valence-corrected chi connectivity index (χ3v) is 6.73. The van der Waals surface area contributed by atoms with E-state index in [-0.39, 0.29) is 17.5 Å². The van der Waals surface area contributed by atoms with E-state index in [9.17, 15) is 19.5 Å². The van der Waals surface area contributed by atoms with E-state index < -0.39 is 12.0 Å². The highest BCUT2D eigenvalue weighted by Gasteiger charge is 2.34. The summed E-state index contributed by atoms with van der Waals surface area (Å²) in [5.74, 6) is -0.182. The summed E-state index contributed by atoms with van der Waals surface area (Å²) in [5, 5.41) is 14.9. The number of likely N-dealkylation sites (tertiary alicyclic amines) is 1. The number of aromatic nitrogens is 1. The van der Waals surface area contributed by atoms with Gasteiger partial charge < -0.3 is 25.4 Å². The largest absolute Gasteiger partial charge is 0.496 e. The number of aryl methyl sites for hydroxylation is 1. The number of pyridine rings is 1. The maximum absolute atomic E-state index is 13.1. The van der Waals surface area contributed by atoms with Crippen molar-refractivity contribution < 1.29 is 24.2 Å². The molecule has 4 rings (SSSR count). The molecule has 1 atom stereocenters. The Bertz CT molecular complexity index is 1350. The molecule has 9 heteroatoms. The first-order chi connectivity index (χ1) is 18.2. The lowest BCUT2D eigenvalue weighted by molar-refractivity contribution is -0.119. The highest BCUT2D eigenvalue weighted by atomic mass is 16.5. The van der Waals surface area contributed by atoms with E-state index in [0.29, 0.717) is 47.3 Å². The molecule has 0 bridgehead atoms. The molecule has 1 aromatic heterocycles. The zero-order valence-electron chi connectivity index (χ0n) is 21.9. The zero-order chi connectivity index (χ0) is 27.4. The van der Waals surface area contributed by atoms with Gasteiger partial charge in [0, 0.05) is 29.6 Å². The topological polar surface area (TPSA) is 121 Å². The molecular formula is C29H32N4O5. The lowest BCUT2D eigenvalue weighted by Gasteiger charge is -2.24. The molecule has 2 aromatic carbocycles. The number of nitrogens with one attached hydrogen (secondary N) is 2. The third-order valence-electron chi connectivity index (χ3n) is 6.73. The van der Waals surface area contributed by atoms with Crippen molar-refractivity contribution in [2.24, 2.45) is 0 Å². The number of amides is 3. The van der Waals surface area contributed by atoms with Gasteiger partial charge in [0.15, 0.2) is 0 Å². The molecule has 1 aliphatic rings. The molecule has 1 fully saturated rings. The Morgan fingerprint density at radius 2 is 1.87 bits per heavy atom. The van der Waals surface area contributed by atoms with Crippen LogP contribution in [-0.4, -0.2) is 52.6 Å². The summed E-state index contributed by atoms with van der Waals surface area (Å²) in [6, 6.07) is 13.0. The lowest BCUT2D eigenvalue weighted by Crippen LogP contribution is -2.45. The lowest BCUT2D eigenvalue weighted by atomic mass is 9.98. The van der Waals surface area contributed by atoms with Crippen molar-refractivity contribution in [3.63, 3.8) is 0 Å². The van der Waals surface area contributed by atoms with E-state index in [1.54, 1.807) is 29.3 Å². The first-order valence-electron chi connectivity index (χ1n) is 12.5. The van der Waals surface area contributed by atoms with Gasteiger partial charge in [-0.05, 0) is 79.3 Å². The van der Waals surface area contributed by atoms with Crippen molar-refractivity contribution in [1.82, 2.24) is 9.88 Å². The predicted octanol–water partition coefficient (Wildman–Crippen LogP) is 5.52. The minimum Gasteiger partial charge on any atom is -0.496 e. The van der Waals surface area contributed by atoms with Gasteiger partial charge in [-0.1, -0.05) is 19.9 Å². The second-order valence-electron chi connectivity index (χ2n) is 9.65. The van der Waals surface area contributed by atoms with E-state index >= 15 is 0 Å². The molecular weight excluding hydrogens is 484 g/mol. The summed E-state index contributed by atoms with van der Waals surface area (Å²) < 4.78 is 5.35. The van der Waals surface area contributed by atoms with Crippen LogP contribution >= 0.6 is 0 Å². The van der Waals surface area contributed by atoms with Crippen LogP contribution in [0.1, 0.15) is 54.1 Å². The number of carboxylic acid groups (broad SMARTS) is 1. The van der Waals surface area contributed by atoms with Crippen LogP contribution < -0.4 is 15.4 Å². The number of carboxylic acids is 1. The molecule has 198 valence electrons. The van der Waals surface area contributed by atoms with Crippen molar-refractivity contribution in [2.45, 2.75) is 45.6 Å². The molecule has 0 radical (unpaired) electrons. The molecule has 9 nitrogen and oxygen atoms in total. The Morgan fingerprint density at radius 1 is 1.08 bits per heavy atom. The predicted molar refractivity (Wildman–Crippen MR) is 146 cm³/mol. The fourth-order valence-corrected chi connectivity index (χ4v) is 4.78. The normalized spacial score (nSPS) is 14.9. The van der Waals surface area contributed by atoms with Crippen LogP contribution in [0.2, 0.25) is 0 Å². The standard InChI is InChI=1S/C29H32N4O5/c1-17(2)22-11-9-21(14-18(22)3)31-29(37)33-13-5-6-24(33)27(34)32-26-12-8-20(16-30-26)23-10-7-19(28(35)36)15-25(23)38-4/h7-12,14-17,24H,5-6,13H2,1-4H3,(H,31,37)(H,35,36)(H,30,32,34)/t24-/m1/s1. The quantitative estimate of drug-likeness (QED) is 0.380. The first-order valence-corrected chi connectivity index (χ1v) is 12.5. The van der Waals surface area contributed by atoms with Crippen LogP contribution in [0.3, 0.4) is 0 Å². The van der Waals surface area contributed by atoms with Crippen LogP contribution in [0.4, 0.5) is 16.3 Å². The smallest absolute Gasteiger partial charge is 0.335 e. The molecule has 2 heterocycles. The van der Waals surface area contributed by atoms with Crippen molar-refractivity contribution >= 4 is 29.4 Å². The average Bonchev–Trinajstić information content (AvgIpc) is 3.39. The maximum Gasteiger partial charge on any atom is 0.335 e. The number of nitrogens with zero attached hydrogens (tertiary/aromatic N) is 2. The minimum atomic E-state index is -1.04. The molecule has 3 aromatic rings. The highest BCUT2D eigenvalue weighted by Crippen LogP contribution is 2.31. The molecule has 0 unspecified atom stereocenters. The zero-order valence-corrected chi connectivity index (χ0v) is 21.9. The molecule has 1 aliphatic heterocycles. The Balaban J connectivity index is 1.42. The van der Waals surface area contributed by atoms with E-state index in [1.165, 1.54) is 24.8 Å². The monoisotopic (exact) mass is 516 g/mol. The van der Waals surface area contributed by atoms with E-state index in [4.69, 9.17) is 4.74 Å². The fraction of sp³-hybridized carbons (Fsp3) is 0.310. The van der Waals surface area contributed by atoms with Gasteiger partial charge in [-0.25, -0.2) is 14.6 Å². The number of hydrogen-bond acceptors (Lipinski definition) is 5. The minimum absolute atomic E-state index is 0.121. The SMILES string of the molecule is COc1cc(C(=O)O)ccc1-c1ccc(NC(=O)[C@H]2CCCN2C(=O)Nc2ccc(C(C)C)c(C)c2)nc1. The second kappa shape index (κ2) is 11.3. The highest BCUT2D eigenvalue weighted by molar-refractivity contribution is 5.99. The van der Waals surface area contributed by atoms with Crippen molar-refractivity contribution in [1.29, 1.82) is 0 Å². The molecule has 1 saturated heterocycles. The van der Waals surface area contributed by atoms with Crippen LogP contribution in [0, 0.1) is 6.92 Å². The van der Waals surface area contributed by atoms with Crippen molar-refractivity contribution in [2.75, 3.05) is 24.3 Å². The molecule has 3 N–H and O–H groups in total. The first kappa shape index (κ1) is 26.7. The summed E-state index contributed by atoms with van der Waals surface area (Å²) in [4.78, 5) is 43.2. The number of urea groups is 1. The molecule has 38 heavy (non-hydrogen) atoms. The average molecular weight is 517 g/mol. The van der Waals surface area contributed by atoms with E-state index in [0.717, 1.165) is 12.0 Å². The Labute approximate surface area is 221 Å². The molecule has 3 amide bonds. The Hall–Kier alpha value is -4.40. The van der Waals surface area contributed by atoms with Gasteiger partial charge in [0.2, 0.25) is 5.91 Å². The Kier molecular flexibility index (Phi) is 7.95. The van der Waals surface area contributed by atoms with Crippen molar-refractivity contribution in [3.8, 4) is 16.9 Å². The summed E-state index contributed by atoms with van der Waals surface area (Å²) in [6.45, 7) is 6.78. The number of rotatable bonds is 7. The van der Waals surface area contributed by atoms with Gasteiger partial charge in [-0.2, -0.15) is 0 Å². The van der Waals surface area contributed by atoms with Gasteiger partial charge in [0.1, 0.15) is 17.6 Å². The summed E-state index contributed by atoms with van der Waals surface area (Å²) in [7, 11) is 1.47. The van der Waals surface area contributed by atoms with Gasteiger partial charge in [0.05, 0.1) is 12.7 Å². The number of carbonyl (C=O) groups is 3. The number of hydrogen-bond donors (Lipinski definition) is 3. The Morgan fingerprint density at radius 3 is 2.50 bits per heavy atom. The maximum atomic E-state index is 13.1. The van der Waals surface area contributed by atoms with E-state index in [1.807, 2.05) is 25.1 Å². The van der Waals surface area contributed by atoms with Crippen LogP contribution in [0.15, 0.2) is 54.7 Å². The number of ether oxygens (including phenoxy) is 1. The van der Waals surface area contributed by atoms with E-state index in [2.05, 4.69) is 29.5 Å². The van der Waals surface area contributed by atoms with Gasteiger partial charge in [-0.15, -0.1) is 0 Å². The number of carbonyl (C=O) groups excluding carboxylic acids is 2. The fourth-order valence-electron chi connectivity index (χ4n) is 4.78. The van der Waals surface area contributed by atoms with Crippen molar-refractivity contribution in [3.05, 3.63) is 71.4 Å². The number of benzene rings is 2. The third kappa shape index (κ3) is 5.77. The molecule has 0 saturated carbocycles. The van der Waals surface area contributed by atoms with Crippen LogP contribution in [-0.2, 0) is 4.79 Å². The summed E-state index contributed by atoms with van der Waals surface area (Å²) in [5.41, 5.74) is 4.55. The number of methoxy groups -OCH3 is 1. The molecule has 0 spiro atoms. The molecule has 0 aliphatic carbocycles. The second-order valence-corrected chi connectivity index (χ2v) is 9.65. The number of anilines is 2. The van der Waals surface area contributed by atoms with Crippen LogP contribution in [0.25, 0.3) is 11.1 Å². The van der Waals surface area contributed by atoms with Gasteiger partial charge in [-0.3, -0.25) is 4.79 Å². The van der Waals surface area contributed by atoms with Crippen LogP contribution in [0.5, 0.6) is 5.75 Å². The van der Waals surface area contributed by atoms with Gasteiger partial charge >= 0.3 is 12.0 Å². The summed E-state index contributed by atoms with van der Waals surface area (Å²) >= 11 is 0. The van der Waals surface area contributed by atoms with Gasteiger partial charge in [0.25, 0.3) is 0 Å². The summed E-state index contributed by atoms with van der Waals surface area (Å²) in [6.07, 6.45) is 2.88.